The molecule has 0 bridgehead atoms. The number of hydrogen-bond donors (Lipinski definition) is 2. The molecular formula is C16H26N2O2. The monoisotopic (exact) mass is 278 g/mol. The van der Waals surface area contributed by atoms with Crippen LogP contribution in [0.2, 0.25) is 0 Å². The molecule has 0 aliphatic heterocycles. The molecule has 1 atom stereocenters. The predicted octanol–water partition coefficient (Wildman–Crippen LogP) is 2.03. The second kappa shape index (κ2) is 8.02. The normalized spacial score (nSPS) is 12.8. The number of hydrogen-bond acceptors (Lipinski definition) is 3. The van der Waals surface area contributed by atoms with Crippen molar-refractivity contribution in [1.82, 2.24) is 10.2 Å². The smallest absolute Gasteiger partial charge is 0.251 e. The lowest BCUT2D eigenvalue weighted by molar-refractivity contribution is 0.0922. The van der Waals surface area contributed by atoms with E-state index in [4.69, 9.17) is 5.11 Å². The van der Waals surface area contributed by atoms with E-state index < -0.39 is 0 Å². The third-order valence-corrected chi connectivity index (χ3v) is 3.39. The van der Waals surface area contributed by atoms with Gasteiger partial charge in [0.25, 0.3) is 5.91 Å². The highest BCUT2D eigenvalue weighted by atomic mass is 16.3. The van der Waals surface area contributed by atoms with Gasteiger partial charge < -0.3 is 10.4 Å². The first-order valence-electron chi connectivity index (χ1n) is 7.22. The molecule has 0 spiro atoms. The number of nitrogens with zero attached hydrogens (tertiary/aromatic N) is 1. The van der Waals surface area contributed by atoms with Crippen LogP contribution in [0.3, 0.4) is 0 Å². The number of carbonyl (C=O) groups excluding carboxylic acids is 1. The van der Waals surface area contributed by atoms with Crippen molar-refractivity contribution < 1.29 is 9.90 Å². The third kappa shape index (κ3) is 4.94. The van der Waals surface area contributed by atoms with Gasteiger partial charge >= 0.3 is 0 Å². The standard InChI is InChI=1S/C16H26N2O2/c1-5-18(12(2)3)10-14-6-8-15(9-7-14)16(20)17-13(4)11-19/h6-9,12-13,19H,5,10-11H2,1-4H3,(H,17,20). The first-order valence-corrected chi connectivity index (χ1v) is 7.22. The third-order valence-electron chi connectivity index (χ3n) is 3.39. The number of amides is 1. The first-order chi connectivity index (χ1) is 9.47. The lowest BCUT2D eigenvalue weighted by Gasteiger charge is -2.24. The topological polar surface area (TPSA) is 52.6 Å². The van der Waals surface area contributed by atoms with E-state index in [0.717, 1.165) is 13.1 Å². The maximum absolute atomic E-state index is 11.9. The minimum Gasteiger partial charge on any atom is -0.394 e. The molecule has 0 aromatic heterocycles. The van der Waals surface area contributed by atoms with Crippen LogP contribution in [0.5, 0.6) is 0 Å². The first kappa shape index (κ1) is 16.7. The van der Waals surface area contributed by atoms with E-state index >= 15 is 0 Å². The van der Waals surface area contributed by atoms with Gasteiger partial charge in [0.15, 0.2) is 0 Å². The zero-order valence-electron chi connectivity index (χ0n) is 12.9. The molecule has 1 aromatic rings. The van der Waals surface area contributed by atoms with Crippen molar-refractivity contribution in [3.63, 3.8) is 0 Å². The fraction of sp³-hybridized carbons (Fsp3) is 0.562. The van der Waals surface area contributed by atoms with E-state index in [2.05, 4.69) is 31.0 Å². The summed E-state index contributed by atoms with van der Waals surface area (Å²) in [6.07, 6.45) is 0. The molecule has 1 amide bonds. The summed E-state index contributed by atoms with van der Waals surface area (Å²) in [6, 6.07) is 7.94. The number of rotatable bonds is 7. The van der Waals surface area contributed by atoms with E-state index in [9.17, 15) is 4.79 Å². The Hall–Kier alpha value is -1.39. The van der Waals surface area contributed by atoms with Crippen LogP contribution < -0.4 is 5.32 Å². The molecule has 0 heterocycles. The molecule has 2 N–H and O–H groups in total. The summed E-state index contributed by atoms with van der Waals surface area (Å²) < 4.78 is 0. The van der Waals surface area contributed by atoms with E-state index in [-0.39, 0.29) is 18.6 Å². The predicted molar refractivity (Wildman–Crippen MR) is 81.7 cm³/mol. The molecule has 0 aliphatic rings. The van der Waals surface area contributed by atoms with Crippen molar-refractivity contribution in [3.05, 3.63) is 35.4 Å². The number of carbonyl (C=O) groups is 1. The van der Waals surface area contributed by atoms with Crippen LogP contribution >= 0.6 is 0 Å². The summed E-state index contributed by atoms with van der Waals surface area (Å²) >= 11 is 0. The molecule has 20 heavy (non-hydrogen) atoms. The van der Waals surface area contributed by atoms with Gasteiger partial charge in [-0.05, 0) is 45.0 Å². The largest absolute Gasteiger partial charge is 0.394 e. The molecule has 1 aromatic carbocycles. The average molecular weight is 278 g/mol. The van der Waals surface area contributed by atoms with Gasteiger partial charge in [0, 0.05) is 24.2 Å². The lowest BCUT2D eigenvalue weighted by Crippen LogP contribution is -2.35. The van der Waals surface area contributed by atoms with Crippen LogP contribution in [0, 0.1) is 0 Å². The zero-order valence-corrected chi connectivity index (χ0v) is 12.9. The Morgan fingerprint density at radius 3 is 2.30 bits per heavy atom. The van der Waals surface area contributed by atoms with Crippen molar-refractivity contribution in [2.75, 3.05) is 13.2 Å². The summed E-state index contributed by atoms with van der Waals surface area (Å²) in [5.41, 5.74) is 1.83. The summed E-state index contributed by atoms with van der Waals surface area (Å²) in [7, 11) is 0. The maximum atomic E-state index is 11.9. The second-order valence-electron chi connectivity index (χ2n) is 5.41. The Bertz CT molecular complexity index is 415. The van der Waals surface area contributed by atoms with Crippen LogP contribution in [0.25, 0.3) is 0 Å². The Balaban J connectivity index is 2.66. The van der Waals surface area contributed by atoms with Crippen molar-refractivity contribution in [2.24, 2.45) is 0 Å². The Morgan fingerprint density at radius 1 is 1.25 bits per heavy atom. The van der Waals surface area contributed by atoms with Crippen molar-refractivity contribution in [2.45, 2.75) is 46.3 Å². The fourth-order valence-electron chi connectivity index (χ4n) is 2.01. The summed E-state index contributed by atoms with van der Waals surface area (Å²) in [6.45, 7) is 10.1. The molecule has 4 nitrogen and oxygen atoms in total. The zero-order chi connectivity index (χ0) is 15.1. The molecule has 4 heteroatoms. The number of nitrogens with one attached hydrogen (secondary N) is 1. The molecule has 0 saturated carbocycles. The highest BCUT2D eigenvalue weighted by Crippen LogP contribution is 2.10. The number of benzene rings is 1. The van der Waals surface area contributed by atoms with Crippen LogP contribution in [0.4, 0.5) is 0 Å². The Morgan fingerprint density at radius 2 is 1.85 bits per heavy atom. The molecular weight excluding hydrogens is 252 g/mol. The van der Waals surface area contributed by atoms with Gasteiger partial charge in [-0.1, -0.05) is 19.1 Å². The van der Waals surface area contributed by atoms with Gasteiger partial charge in [-0.2, -0.15) is 0 Å². The molecule has 0 aliphatic carbocycles. The summed E-state index contributed by atoms with van der Waals surface area (Å²) in [5, 5.41) is 11.7. The van der Waals surface area contributed by atoms with Crippen molar-refractivity contribution in [1.29, 1.82) is 0 Å². The summed E-state index contributed by atoms with van der Waals surface area (Å²) in [5.74, 6) is -0.144. The van der Waals surface area contributed by atoms with E-state index in [0.29, 0.717) is 11.6 Å². The summed E-state index contributed by atoms with van der Waals surface area (Å²) in [4.78, 5) is 14.2. The quantitative estimate of drug-likeness (QED) is 0.802. The van der Waals surface area contributed by atoms with Crippen molar-refractivity contribution in [3.8, 4) is 0 Å². The minimum absolute atomic E-state index is 0.0519. The highest BCUT2D eigenvalue weighted by Gasteiger charge is 2.10. The Labute approximate surface area is 121 Å². The van der Waals surface area contributed by atoms with E-state index in [1.165, 1.54) is 5.56 Å². The minimum atomic E-state index is -0.223. The van der Waals surface area contributed by atoms with E-state index in [1.807, 2.05) is 24.3 Å². The molecule has 1 rings (SSSR count). The van der Waals surface area contributed by atoms with Gasteiger partial charge in [0.05, 0.1) is 6.61 Å². The van der Waals surface area contributed by atoms with Gasteiger partial charge in [0.1, 0.15) is 0 Å². The van der Waals surface area contributed by atoms with E-state index in [1.54, 1.807) is 6.92 Å². The highest BCUT2D eigenvalue weighted by molar-refractivity contribution is 5.94. The fourth-order valence-corrected chi connectivity index (χ4v) is 2.01. The Kier molecular flexibility index (Phi) is 6.68. The SMILES string of the molecule is CCN(Cc1ccc(C(=O)NC(C)CO)cc1)C(C)C. The number of aliphatic hydroxyl groups is 1. The van der Waals surface area contributed by atoms with Gasteiger partial charge in [-0.25, -0.2) is 0 Å². The van der Waals surface area contributed by atoms with Gasteiger partial charge in [-0.3, -0.25) is 9.69 Å². The lowest BCUT2D eigenvalue weighted by atomic mass is 10.1. The molecule has 0 radical (unpaired) electrons. The molecule has 0 fully saturated rings. The average Bonchev–Trinajstić information content (AvgIpc) is 2.44. The second-order valence-corrected chi connectivity index (χ2v) is 5.41. The molecule has 112 valence electrons. The van der Waals surface area contributed by atoms with Gasteiger partial charge in [0.2, 0.25) is 0 Å². The maximum Gasteiger partial charge on any atom is 0.251 e. The molecule has 0 saturated heterocycles. The van der Waals surface area contributed by atoms with Crippen LogP contribution in [0.15, 0.2) is 24.3 Å². The van der Waals surface area contributed by atoms with Crippen LogP contribution in [-0.4, -0.2) is 41.1 Å². The number of aliphatic hydroxyl groups excluding tert-OH is 1. The van der Waals surface area contributed by atoms with Crippen LogP contribution in [0.1, 0.15) is 43.6 Å². The van der Waals surface area contributed by atoms with Gasteiger partial charge in [-0.15, -0.1) is 0 Å². The molecule has 1 unspecified atom stereocenters. The van der Waals surface area contributed by atoms with Crippen molar-refractivity contribution >= 4 is 5.91 Å². The van der Waals surface area contributed by atoms with Crippen LogP contribution in [-0.2, 0) is 6.54 Å².